The van der Waals surface area contributed by atoms with E-state index in [1.54, 1.807) is 0 Å². The van der Waals surface area contributed by atoms with Gasteiger partial charge in [0.05, 0.1) is 5.92 Å². The Bertz CT molecular complexity index is 160. The summed E-state index contributed by atoms with van der Waals surface area (Å²) in [6, 6.07) is 0. The number of hydrogen-bond acceptors (Lipinski definition) is 2. The molecule has 0 aromatic heterocycles. The van der Waals surface area contributed by atoms with Gasteiger partial charge < -0.3 is 11.3 Å². The van der Waals surface area contributed by atoms with Crippen LogP contribution in [-0.4, -0.2) is 11.1 Å². The lowest BCUT2D eigenvalue weighted by atomic mass is 9.95. The van der Waals surface area contributed by atoms with Gasteiger partial charge in [0.2, 0.25) is 0 Å². The van der Waals surface area contributed by atoms with Crippen molar-refractivity contribution < 1.29 is 9.90 Å². The van der Waals surface area contributed by atoms with E-state index in [9.17, 15) is 4.79 Å². The molecule has 0 aliphatic heterocycles. The van der Waals surface area contributed by atoms with E-state index in [2.05, 4.69) is 13.8 Å². The van der Waals surface area contributed by atoms with Crippen LogP contribution in [0.3, 0.4) is 0 Å². The van der Waals surface area contributed by atoms with Crippen molar-refractivity contribution in [1.82, 2.24) is 6.15 Å². The zero-order valence-electron chi connectivity index (χ0n) is 10.7. The number of unbranched alkanes of at least 4 members (excludes halogenated alkanes) is 5. The Hall–Kier alpha value is -0.570. The second-order valence-corrected chi connectivity index (χ2v) is 4.23. The second-order valence-electron chi connectivity index (χ2n) is 4.23. The van der Waals surface area contributed by atoms with Gasteiger partial charge in [-0.2, -0.15) is 0 Å². The number of hydrogen-bond donors (Lipinski definition) is 2. The van der Waals surface area contributed by atoms with Crippen LogP contribution in [0.25, 0.3) is 0 Å². The number of carboxylic acid groups (broad SMARTS) is 1. The highest BCUT2D eigenvalue weighted by Crippen LogP contribution is 2.17. The first-order valence-corrected chi connectivity index (χ1v) is 6.24. The first-order chi connectivity index (χ1) is 7.22. The van der Waals surface area contributed by atoms with Crippen LogP contribution in [0.15, 0.2) is 0 Å². The van der Waals surface area contributed by atoms with Crippen molar-refractivity contribution in [2.75, 3.05) is 0 Å². The summed E-state index contributed by atoms with van der Waals surface area (Å²) in [5.74, 6) is -0.717. The van der Waals surface area contributed by atoms with Gasteiger partial charge in [0.1, 0.15) is 0 Å². The van der Waals surface area contributed by atoms with Crippen molar-refractivity contribution in [3.05, 3.63) is 6.92 Å². The van der Waals surface area contributed by atoms with Crippen molar-refractivity contribution in [2.24, 2.45) is 5.92 Å². The minimum Gasteiger partial charge on any atom is -0.481 e. The van der Waals surface area contributed by atoms with Gasteiger partial charge in [0, 0.05) is 0 Å². The molecule has 4 N–H and O–H groups in total. The minimum absolute atomic E-state index is 0. The fourth-order valence-corrected chi connectivity index (χ4v) is 1.76. The molecule has 1 unspecified atom stereocenters. The van der Waals surface area contributed by atoms with E-state index in [4.69, 9.17) is 5.11 Å². The van der Waals surface area contributed by atoms with Crippen molar-refractivity contribution in [3.63, 3.8) is 0 Å². The van der Waals surface area contributed by atoms with Gasteiger partial charge >= 0.3 is 5.97 Å². The summed E-state index contributed by atoms with van der Waals surface area (Å²) in [6.45, 7) is 5.90. The lowest BCUT2D eigenvalue weighted by Gasteiger charge is -2.11. The van der Waals surface area contributed by atoms with Gasteiger partial charge in [-0.3, -0.25) is 4.79 Å². The molecule has 3 heteroatoms. The quantitative estimate of drug-likeness (QED) is 0.552. The van der Waals surface area contributed by atoms with Crippen LogP contribution < -0.4 is 6.15 Å². The highest BCUT2D eigenvalue weighted by Gasteiger charge is 2.15. The van der Waals surface area contributed by atoms with Crippen LogP contribution in [0.2, 0.25) is 0 Å². The van der Waals surface area contributed by atoms with Gasteiger partial charge in [0.25, 0.3) is 0 Å². The fraction of sp³-hybridized carbons (Fsp3) is 0.846. The average Bonchev–Trinajstić information content (AvgIpc) is 2.21. The maximum Gasteiger partial charge on any atom is 0.306 e. The van der Waals surface area contributed by atoms with E-state index in [0.717, 1.165) is 44.9 Å². The maximum absolute atomic E-state index is 10.9. The Labute approximate surface area is 100 Å². The molecule has 1 radical (unpaired) electrons. The van der Waals surface area contributed by atoms with Gasteiger partial charge in [-0.25, -0.2) is 0 Å². The number of carboxylic acids is 1. The third-order valence-corrected chi connectivity index (χ3v) is 2.81. The van der Waals surface area contributed by atoms with Crippen LogP contribution in [0.4, 0.5) is 0 Å². The fourth-order valence-electron chi connectivity index (χ4n) is 1.76. The van der Waals surface area contributed by atoms with Gasteiger partial charge in [-0.05, 0) is 12.8 Å². The Balaban J connectivity index is 0. The van der Waals surface area contributed by atoms with Crippen LogP contribution in [0, 0.1) is 12.8 Å². The molecular formula is C13H28NO2. The van der Waals surface area contributed by atoms with E-state index >= 15 is 0 Å². The molecule has 3 nitrogen and oxygen atoms in total. The Morgan fingerprint density at radius 1 is 1.12 bits per heavy atom. The largest absolute Gasteiger partial charge is 0.481 e. The first kappa shape index (κ1) is 17.8. The van der Waals surface area contributed by atoms with E-state index in [0.29, 0.717) is 0 Å². The van der Waals surface area contributed by atoms with Crippen LogP contribution >= 0.6 is 0 Å². The molecule has 0 bridgehead atoms. The number of carbonyl (C=O) groups is 1. The highest BCUT2D eigenvalue weighted by molar-refractivity contribution is 5.69. The molecule has 0 spiro atoms. The van der Waals surface area contributed by atoms with E-state index < -0.39 is 5.97 Å². The average molecular weight is 230 g/mol. The number of aliphatic carboxylic acids is 1. The normalized spacial score (nSPS) is 11.9. The summed E-state index contributed by atoms with van der Waals surface area (Å²) in [6.07, 6.45) is 9.41. The zero-order chi connectivity index (χ0) is 11.5. The molecule has 1 atom stereocenters. The Morgan fingerprint density at radius 2 is 1.69 bits per heavy atom. The number of rotatable bonds is 10. The van der Waals surface area contributed by atoms with Gasteiger partial charge in [-0.1, -0.05) is 58.8 Å². The molecule has 0 aromatic rings. The van der Waals surface area contributed by atoms with Crippen molar-refractivity contribution in [2.45, 2.75) is 64.7 Å². The monoisotopic (exact) mass is 230 g/mol. The molecule has 0 amide bonds. The molecule has 0 saturated carbocycles. The molecule has 0 aliphatic rings. The predicted octanol–water partition coefficient (Wildman–Crippen LogP) is 4.21. The smallest absolute Gasteiger partial charge is 0.306 e. The standard InChI is InChI=1S/C13H25O2.H3N/c1-3-5-7-8-9-11-12(13(14)15)10-6-4-2;/h12H,1,3-11H2,2H3,(H,14,15);1H3. The lowest BCUT2D eigenvalue weighted by Crippen LogP contribution is -2.13. The maximum atomic E-state index is 10.9. The summed E-state index contributed by atoms with van der Waals surface area (Å²) < 4.78 is 0. The SMILES string of the molecule is N.[CH2]CCCCCCC(CCCC)C(=O)O. The van der Waals surface area contributed by atoms with Crippen molar-refractivity contribution >= 4 is 5.97 Å². The highest BCUT2D eigenvalue weighted by atomic mass is 16.4. The molecule has 0 aliphatic carbocycles. The minimum atomic E-state index is -0.611. The van der Waals surface area contributed by atoms with E-state index in [-0.39, 0.29) is 12.1 Å². The summed E-state index contributed by atoms with van der Waals surface area (Å²) >= 11 is 0. The summed E-state index contributed by atoms with van der Waals surface area (Å²) in [4.78, 5) is 10.9. The second kappa shape index (κ2) is 12.5. The molecule has 0 saturated heterocycles. The van der Waals surface area contributed by atoms with Crippen LogP contribution in [0.5, 0.6) is 0 Å². The third-order valence-electron chi connectivity index (χ3n) is 2.81. The van der Waals surface area contributed by atoms with Gasteiger partial charge in [0.15, 0.2) is 0 Å². The Morgan fingerprint density at radius 3 is 2.19 bits per heavy atom. The van der Waals surface area contributed by atoms with E-state index in [1.165, 1.54) is 12.8 Å². The molecule has 0 fully saturated rings. The molecule has 16 heavy (non-hydrogen) atoms. The molecular weight excluding hydrogens is 202 g/mol. The van der Waals surface area contributed by atoms with Crippen LogP contribution in [0.1, 0.15) is 64.7 Å². The van der Waals surface area contributed by atoms with Crippen molar-refractivity contribution in [3.8, 4) is 0 Å². The predicted molar refractivity (Wildman–Crippen MR) is 68.7 cm³/mol. The zero-order valence-corrected chi connectivity index (χ0v) is 10.7. The molecule has 0 rings (SSSR count). The van der Waals surface area contributed by atoms with Crippen LogP contribution in [-0.2, 0) is 4.79 Å². The van der Waals surface area contributed by atoms with Crippen molar-refractivity contribution in [1.29, 1.82) is 0 Å². The van der Waals surface area contributed by atoms with Gasteiger partial charge in [-0.15, -0.1) is 0 Å². The molecule has 97 valence electrons. The summed E-state index contributed by atoms with van der Waals surface area (Å²) in [5, 5.41) is 8.99. The summed E-state index contributed by atoms with van der Waals surface area (Å²) in [7, 11) is 0. The van der Waals surface area contributed by atoms with E-state index in [1.807, 2.05) is 0 Å². The topological polar surface area (TPSA) is 72.3 Å². The third kappa shape index (κ3) is 9.97. The lowest BCUT2D eigenvalue weighted by molar-refractivity contribution is -0.142. The molecule has 0 aromatic carbocycles. The molecule has 0 heterocycles. The summed E-state index contributed by atoms with van der Waals surface area (Å²) in [5.41, 5.74) is 0. The Kier molecular flexibility index (Phi) is 13.9. The first-order valence-electron chi connectivity index (χ1n) is 6.24.